The second-order valence-corrected chi connectivity index (χ2v) is 6.87. The minimum atomic E-state index is 0.0653. The highest BCUT2D eigenvalue weighted by atomic mass is 16.5. The number of ether oxygens (including phenoxy) is 1. The number of amides is 1. The number of rotatable bonds is 8. The third-order valence-electron chi connectivity index (χ3n) is 4.84. The van der Waals surface area contributed by atoms with Gasteiger partial charge in [0.1, 0.15) is 5.75 Å². The Labute approximate surface area is 162 Å². The second-order valence-electron chi connectivity index (χ2n) is 6.87. The minimum absolute atomic E-state index is 0.0653. The van der Waals surface area contributed by atoms with Gasteiger partial charge >= 0.3 is 0 Å². The van der Waals surface area contributed by atoms with Gasteiger partial charge in [0.15, 0.2) is 5.96 Å². The molecule has 7 nitrogen and oxygen atoms in total. The molecule has 0 radical (unpaired) electrons. The quantitative estimate of drug-likeness (QED) is 0.477. The Morgan fingerprint density at radius 2 is 2.19 bits per heavy atom. The van der Waals surface area contributed by atoms with E-state index >= 15 is 0 Å². The van der Waals surface area contributed by atoms with Crippen LogP contribution in [0.2, 0.25) is 0 Å². The zero-order valence-electron chi connectivity index (χ0n) is 16.9. The van der Waals surface area contributed by atoms with Gasteiger partial charge in [-0.1, -0.05) is 19.1 Å². The van der Waals surface area contributed by atoms with E-state index in [9.17, 15) is 4.79 Å². The maximum absolute atomic E-state index is 11.9. The fraction of sp³-hybridized carbons (Fsp3) is 0.600. The van der Waals surface area contributed by atoms with Crippen LogP contribution in [-0.2, 0) is 4.79 Å². The summed E-state index contributed by atoms with van der Waals surface area (Å²) in [6.07, 6.45) is 2.39. The highest BCUT2D eigenvalue weighted by Gasteiger charge is 2.25. The van der Waals surface area contributed by atoms with Crippen LogP contribution in [0.3, 0.4) is 0 Å². The van der Waals surface area contributed by atoms with Gasteiger partial charge in [0.05, 0.1) is 12.8 Å². The van der Waals surface area contributed by atoms with Gasteiger partial charge in [-0.3, -0.25) is 9.79 Å². The lowest BCUT2D eigenvalue weighted by molar-refractivity contribution is -0.121. The number of hydrogen-bond donors (Lipinski definition) is 3. The Kier molecular flexibility index (Phi) is 8.23. The van der Waals surface area contributed by atoms with Crippen LogP contribution in [0.25, 0.3) is 0 Å². The largest absolute Gasteiger partial charge is 0.495 e. The van der Waals surface area contributed by atoms with E-state index in [0.29, 0.717) is 19.0 Å². The maximum atomic E-state index is 11.9. The molecule has 1 saturated heterocycles. The number of hydrogen-bond acceptors (Lipinski definition) is 4. The van der Waals surface area contributed by atoms with Gasteiger partial charge in [0.2, 0.25) is 5.91 Å². The van der Waals surface area contributed by atoms with Crippen molar-refractivity contribution in [3.05, 3.63) is 24.3 Å². The fourth-order valence-corrected chi connectivity index (χ4v) is 3.12. The summed E-state index contributed by atoms with van der Waals surface area (Å²) in [6.45, 7) is 6.48. The number of methoxy groups -OCH3 is 1. The van der Waals surface area contributed by atoms with E-state index in [4.69, 9.17) is 4.74 Å². The van der Waals surface area contributed by atoms with Gasteiger partial charge in [-0.15, -0.1) is 0 Å². The standard InChI is InChI=1S/C20H33N5O2/c1-5-15(2)23-19(26)10-12-22-20(21-3)24-16-11-13-25(14-16)17-8-6-7-9-18(17)27-4/h6-9,15-16H,5,10-14H2,1-4H3,(H,23,26)(H2,21,22,24). The Morgan fingerprint density at radius 1 is 1.41 bits per heavy atom. The van der Waals surface area contributed by atoms with Crippen LogP contribution in [0.15, 0.2) is 29.3 Å². The van der Waals surface area contributed by atoms with E-state index in [0.717, 1.165) is 43.3 Å². The van der Waals surface area contributed by atoms with Crippen LogP contribution in [0, 0.1) is 0 Å². The van der Waals surface area contributed by atoms with E-state index < -0.39 is 0 Å². The average molecular weight is 376 g/mol. The molecule has 2 atom stereocenters. The summed E-state index contributed by atoms with van der Waals surface area (Å²) in [5.74, 6) is 1.70. The first-order valence-corrected chi connectivity index (χ1v) is 9.71. The maximum Gasteiger partial charge on any atom is 0.221 e. The third kappa shape index (κ3) is 6.34. The molecular formula is C20H33N5O2. The van der Waals surface area contributed by atoms with Gasteiger partial charge in [0.25, 0.3) is 0 Å². The first-order chi connectivity index (χ1) is 13.1. The molecule has 1 amide bonds. The summed E-state index contributed by atoms with van der Waals surface area (Å²) < 4.78 is 5.47. The topological polar surface area (TPSA) is 78.0 Å². The third-order valence-corrected chi connectivity index (χ3v) is 4.84. The van der Waals surface area contributed by atoms with Crippen molar-refractivity contribution >= 4 is 17.6 Å². The molecule has 0 saturated carbocycles. The van der Waals surface area contributed by atoms with Gasteiger partial charge in [0, 0.05) is 45.2 Å². The zero-order valence-corrected chi connectivity index (χ0v) is 16.9. The van der Waals surface area contributed by atoms with Gasteiger partial charge in [-0.25, -0.2) is 0 Å². The monoisotopic (exact) mass is 375 g/mol. The van der Waals surface area contributed by atoms with E-state index in [1.165, 1.54) is 0 Å². The molecule has 3 N–H and O–H groups in total. The SMILES string of the molecule is CCC(C)NC(=O)CCNC(=NC)NC1CCN(c2ccccc2OC)C1. The number of nitrogens with zero attached hydrogens (tertiary/aromatic N) is 2. The molecule has 1 heterocycles. The number of carbonyl (C=O) groups is 1. The zero-order chi connectivity index (χ0) is 19.6. The first kappa shape index (κ1) is 20.9. The minimum Gasteiger partial charge on any atom is -0.495 e. The van der Waals surface area contributed by atoms with Crippen molar-refractivity contribution in [1.82, 2.24) is 16.0 Å². The molecule has 0 aromatic heterocycles. The number of aliphatic imine (C=N–C) groups is 1. The van der Waals surface area contributed by atoms with E-state index in [2.05, 4.69) is 38.8 Å². The molecule has 0 aliphatic carbocycles. The Bertz CT molecular complexity index is 635. The summed E-state index contributed by atoms with van der Waals surface area (Å²) in [6, 6.07) is 8.61. The van der Waals surface area contributed by atoms with Crippen LogP contribution in [0.5, 0.6) is 5.75 Å². The Morgan fingerprint density at radius 3 is 2.89 bits per heavy atom. The Balaban J connectivity index is 1.78. The fourth-order valence-electron chi connectivity index (χ4n) is 3.12. The molecule has 1 aromatic rings. The van der Waals surface area contributed by atoms with Crippen LogP contribution in [0.4, 0.5) is 5.69 Å². The average Bonchev–Trinajstić information content (AvgIpc) is 3.15. The highest BCUT2D eigenvalue weighted by Crippen LogP contribution is 2.30. The molecule has 1 aliphatic rings. The van der Waals surface area contributed by atoms with Crippen molar-refractivity contribution in [3.8, 4) is 5.75 Å². The second kappa shape index (κ2) is 10.6. The number of para-hydroxylation sites is 2. The van der Waals surface area contributed by atoms with Crippen molar-refractivity contribution in [2.24, 2.45) is 4.99 Å². The van der Waals surface area contributed by atoms with Crippen molar-refractivity contribution in [2.45, 2.75) is 45.2 Å². The van der Waals surface area contributed by atoms with Crippen LogP contribution < -0.4 is 25.6 Å². The van der Waals surface area contributed by atoms with E-state index in [1.807, 2.05) is 25.1 Å². The van der Waals surface area contributed by atoms with Crippen LogP contribution >= 0.6 is 0 Å². The van der Waals surface area contributed by atoms with E-state index in [1.54, 1.807) is 14.2 Å². The lowest BCUT2D eigenvalue weighted by atomic mass is 10.2. The molecule has 150 valence electrons. The molecule has 1 aromatic carbocycles. The molecule has 2 rings (SSSR count). The Hall–Kier alpha value is -2.44. The smallest absolute Gasteiger partial charge is 0.221 e. The predicted octanol–water partition coefficient (Wildman–Crippen LogP) is 1.74. The van der Waals surface area contributed by atoms with Crippen molar-refractivity contribution in [1.29, 1.82) is 0 Å². The molecule has 0 spiro atoms. The van der Waals surface area contributed by atoms with Gasteiger partial charge < -0.3 is 25.6 Å². The number of anilines is 1. The number of carbonyl (C=O) groups excluding carboxylic acids is 1. The molecule has 1 aliphatic heterocycles. The van der Waals surface area contributed by atoms with Gasteiger partial charge in [-0.05, 0) is 31.9 Å². The summed E-state index contributed by atoms with van der Waals surface area (Å²) in [5, 5.41) is 9.66. The van der Waals surface area contributed by atoms with Crippen molar-refractivity contribution in [3.63, 3.8) is 0 Å². The van der Waals surface area contributed by atoms with Crippen molar-refractivity contribution < 1.29 is 9.53 Å². The normalized spacial score (nSPS) is 18.1. The molecule has 27 heavy (non-hydrogen) atoms. The van der Waals surface area contributed by atoms with Crippen LogP contribution in [-0.4, -0.2) is 57.7 Å². The van der Waals surface area contributed by atoms with Crippen molar-refractivity contribution in [2.75, 3.05) is 38.7 Å². The highest BCUT2D eigenvalue weighted by molar-refractivity contribution is 5.81. The summed E-state index contributed by atoms with van der Waals surface area (Å²) in [5.41, 5.74) is 1.12. The predicted molar refractivity (Wildman–Crippen MR) is 111 cm³/mol. The summed E-state index contributed by atoms with van der Waals surface area (Å²) >= 11 is 0. The number of benzene rings is 1. The molecule has 7 heteroatoms. The number of nitrogens with one attached hydrogen (secondary N) is 3. The lowest BCUT2D eigenvalue weighted by Gasteiger charge is -2.22. The van der Waals surface area contributed by atoms with E-state index in [-0.39, 0.29) is 11.9 Å². The summed E-state index contributed by atoms with van der Waals surface area (Å²) in [7, 11) is 3.45. The molecule has 0 bridgehead atoms. The molecular weight excluding hydrogens is 342 g/mol. The lowest BCUT2D eigenvalue weighted by Crippen LogP contribution is -2.45. The first-order valence-electron chi connectivity index (χ1n) is 9.71. The molecule has 1 fully saturated rings. The summed E-state index contributed by atoms with van der Waals surface area (Å²) in [4.78, 5) is 18.5. The molecule has 2 unspecified atom stereocenters. The van der Waals surface area contributed by atoms with Crippen LogP contribution in [0.1, 0.15) is 33.1 Å². The number of guanidine groups is 1. The van der Waals surface area contributed by atoms with Gasteiger partial charge in [-0.2, -0.15) is 0 Å².